The molecule has 1 aliphatic rings. The van der Waals surface area contributed by atoms with Gasteiger partial charge in [0.25, 0.3) is 11.6 Å². The van der Waals surface area contributed by atoms with Crippen LogP contribution in [0.5, 0.6) is 11.5 Å². The second-order valence-corrected chi connectivity index (χ2v) is 8.05. The summed E-state index contributed by atoms with van der Waals surface area (Å²) >= 11 is 1.38. The number of aromatic nitrogens is 1. The standard InChI is InChI=1S/C22H21N3O6S/c1-29-19-12-15(2-6-18(19)31-14-22(26)24-8-10-30-11-9-24)3-7-21-23-17-5-4-16(25(27)28)13-20(17)32-21/h2-7,12-13H,8-11,14H2,1H3/b7-3+. The Labute approximate surface area is 188 Å². The van der Waals surface area contributed by atoms with Gasteiger partial charge in [0.15, 0.2) is 18.1 Å². The first-order valence-electron chi connectivity index (χ1n) is 9.93. The summed E-state index contributed by atoms with van der Waals surface area (Å²) in [5.74, 6) is 0.913. The Morgan fingerprint density at radius 3 is 2.78 bits per heavy atom. The minimum absolute atomic E-state index is 0.0455. The Balaban J connectivity index is 1.44. The largest absolute Gasteiger partial charge is 0.493 e. The lowest BCUT2D eigenvalue weighted by atomic mass is 10.2. The van der Waals surface area contributed by atoms with Crippen molar-refractivity contribution in [1.29, 1.82) is 0 Å². The number of fused-ring (bicyclic) bond motifs is 1. The van der Waals surface area contributed by atoms with E-state index in [0.29, 0.717) is 43.3 Å². The molecule has 3 aromatic rings. The van der Waals surface area contributed by atoms with Crippen LogP contribution in [0.3, 0.4) is 0 Å². The number of amides is 1. The normalized spacial score (nSPS) is 14.1. The van der Waals surface area contributed by atoms with E-state index in [2.05, 4.69) is 4.98 Å². The minimum atomic E-state index is -0.418. The summed E-state index contributed by atoms with van der Waals surface area (Å²) in [6, 6.07) is 10.0. The Morgan fingerprint density at radius 1 is 1.22 bits per heavy atom. The maximum atomic E-state index is 12.3. The third-order valence-corrected chi connectivity index (χ3v) is 5.90. The number of carbonyl (C=O) groups excluding carboxylic acids is 1. The summed E-state index contributed by atoms with van der Waals surface area (Å²) in [6.07, 6.45) is 3.71. The lowest BCUT2D eigenvalue weighted by Crippen LogP contribution is -2.43. The zero-order valence-corrected chi connectivity index (χ0v) is 18.2. The third-order valence-electron chi connectivity index (χ3n) is 4.92. The molecule has 1 amide bonds. The molecule has 0 aliphatic carbocycles. The fourth-order valence-electron chi connectivity index (χ4n) is 3.23. The predicted molar refractivity (Wildman–Crippen MR) is 121 cm³/mol. The summed E-state index contributed by atoms with van der Waals surface area (Å²) in [5, 5.41) is 11.7. The molecule has 0 bridgehead atoms. The van der Waals surface area contributed by atoms with Crippen LogP contribution in [0.15, 0.2) is 36.4 Å². The summed E-state index contributed by atoms with van der Waals surface area (Å²) in [6.45, 7) is 2.16. The van der Waals surface area contributed by atoms with Crippen molar-refractivity contribution in [2.75, 3.05) is 40.0 Å². The zero-order valence-electron chi connectivity index (χ0n) is 17.4. The predicted octanol–water partition coefficient (Wildman–Crippen LogP) is 3.62. The Hall–Kier alpha value is -3.50. The van der Waals surface area contributed by atoms with Crippen LogP contribution in [0.1, 0.15) is 10.6 Å². The number of methoxy groups -OCH3 is 1. The van der Waals surface area contributed by atoms with Crippen LogP contribution >= 0.6 is 11.3 Å². The molecule has 0 spiro atoms. The average molecular weight is 455 g/mol. The molecule has 1 fully saturated rings. The second kappa shape index (κ2) is 9.75. The lowest BCUT2D eigenvalue weighted by Gasteiger charge is -2.26. The van der Waals surface area contributed by atoms with E-state index in [1.165, 1.54) is 23.5 Å². The van der Waals surface area contributed by atoms with E-state index >= 15 is 0 Å². The van der Waals surface area contributed by atoms with Gasteiger partial charge in [0, 0.05) is 25.2 Å². The molecule has 10 heteroatoms. The van der Waals surface area contributed by atoms with Crippen molar-refractivity contribution in [3.63, 3.8) is 0 Å². The number of non-ortho nitro benzene ring substituents is 1. The monoisotopic (exact) mass is 455 g/mol. The Bertz CT molecular complexity index is 1170. The number of morpholine rings is 1. The number of nitro groups is 1. The van der Waals surface area contributed by atoms with Gasteiger partial charge in [-0.15, -0.1) is 11.3 Å². The highest BCUT2D eigenvalue weighted by molar-refractivity contribution is 7.19. The molecule has 1 saturated heterocycles. The van der Waals surface area contributed by atoms with E-state index in [9.17, 15) is 14.9 Å². The molecule has 0 unspecified atom stereocenters. The maximum Gasteiger partial charge on any atom is 0.270 e. The van der Waals surface area contributed by atoms with Gasteiger partial charge in [0.1, 0.15) is 5.01 Å². The fraction of sp³-hybridized carbons (Fsp3) is 0.273. The van der Waals surface area contributed by atoms with Crippen LogP contribution in [0, 0.1) is 10.1 Å². The zero-order chi connectivity index (χ0) is 22.5. The van der Waals surface area contributed by atoms with Crippen molar-refractivity contribution in [3.8, 4) is 11.5 Å². The number of hydrogen-bond acceptors (Lipinski definition) is 8. The van der Waals surface area contributed by atoms with Crippen molar-refractivity contribution >= 4 is 45.3 Å². The molecule has 9 nitrogen and oxygen atoms in total. The quantitative estimate of drug-likeness (QED) is 0.396. The van der Waals surface area contributed by atoms with Crippen molar-refractivity contribution in [2.24, 2.45) is 0 Å². The number of ether oxygens (including phenoxy) is 3. The highest BCUT2D eigenvalue weighted by Gasteiger charge is 2.18. The van der Waals surface area contributed by atoms with Gasteiger partial charge in [0.2, 0.25) is 0 Å². The molecular weight excluding hydrogens is 434 g/mol. The van der Waals surface area contributed by atoms with Gasteiger partial charge in [0.05, 0.1) is 35.5 Å². The summed E-state index contributed by atoms with van der Waals surface area (Å²) in [4.78, 5) is 29.0. The highest BCUT2D eigenvalue weighted by atomic mass is 32.1. The second-order valence-electron chi connectivity index (χ2n) is 6.99. The van der Waals surface area contributed by atoms with Gasteiger partial charge < -0.3 is 19.1 Å². The Morgan fingerprint density at radius 2 is 2.03 bits per heavy atom. The highest BCUT2D eigenvalue weighted by Crippen LogP contribution is 2.30. The fourth-order valence-corrected chi connectivity index (χ4v) is 4.14. The van der Waals surface area contributed by atoms with Crippen LogP contribution in [0.25, 0.3) is 22.4 Å². The first-order valence-corrected chi connectivity index (χ1v) is 10.7. The van der Waals surface area contributed by atoms with E-state index < -0.39 is 4.92 Å². The number of carbonyl (C=O) groups is 1. The minimum Gasteiger partial charge on any atom is -0.493 e. The van der Waals surface area contributed by atoms with Gasteiger partial charge in [-0.1, -0.05) is 12.1 Å². The molecule has 0 N–H and O–H groups in total. The van der Waals surface area contributed by atoms with Crippen molar-refractivity contribution < 1.29 is 23.9 Å². The van der Waals surface area contributed by atoms with E-state index in [-0.39, 0.29) is 18.2 Å². The van der Waals surface area contributed by atoms with Crippen LogP contribution in [0.2, 0.25) is 0 Å². The molecule has 1 aliphatic heterocycles. The van der Waals surface area contributed by atoms with Crippen molar-refractivity contribution in [1.82, 2.24) is 9.88 Å². The first kappa shape index (κ1) is 21.7. The number of nitrogens with zero attached hydrogens (tertiary/aromatic N) is 3. The summed E-state index contributed by atoms with van der Waals surface area (Å²) in [7, 11) is 1.54. The average Bonchev–Trinajstić information content (AvgIpc) is 3.24. The third kappa shape index (κ3) is 5.04. The number of benzene rings is 2. The molecule has 2 heterocycles. The van der Waals surface area contributed by atoms with Gasteiger partial charge in [-0.05, 0) is 29.8 Å². The van der Waals surface area contributed by atoms with Crippen molar-refractivity contribution in [3.05, 3.63) is 57.1 Å². The van der Waals surface area contributed by atoms with Crippen LogP contribution in [0.4, 0.5) is 5.69 Å². The topological polar surface area (TPSA) is 104 Å². The lowest BCUT2D eigenvalue weighted by molar-refractivity contribution is -0.384. The molecule has 2 aromatic carbocycles. The summed E-state index contributed by atoms with van der Waals surface area (Å²) < 4.78 is 17.1. The number of hydrogen-bond donors (Lipinski definition) is 0. The molecule has 32 heavy (non-hydrogen) atoms. The molecule has 1 aromatic heterocycles. The number of nitro benzene ring substituents is 1. The smallest absolute Gasteiger partial charge is 0.270 e. The molecule has 0 radical (unpaired) electrons. The molecule has 0 atom stereocenters. The molecule has 4 rings (SSSR count). The molecule has 0 saturated carbocycles. The summed E-state index contributed by atoms with van der Waals surface area (Å²) in [5.41, 5.74) is 1.62. The molecular formula is C22H21N3O6S. The van der Waals surface area contributed by atoms with E-state index in [1.54, 1.807) is 24.1 Å². The van der Waals surface area contributed by atoms with Crippen LogP contribution in [-0.2, 0) is 9.53 Å². The number of thiazole rings is 1. The first-order chi connectivity index (χ1) is 15.5. The molecule has 166 valence electrons. The Kier molecular flexibility index (Phi) is 6.62. The van der Waals surface area contributed by atoms with Gasteiger partial charge in [-0.25, -0.2) is 4.98 Å². The van der Waals surface area contributed by atoms with Crippen molar-refractivity contribution in [2.45, 2.75) is 0 Å². The van der Waals surface area contributed by atoms with E-state index in [1.807, 2.05) is 24.3 Å². The SMILES string of the molecule is COc1cc(/C=C/c2nc3ccc([N+](=O)[O-])cc3s2)ccc1OCC(=O)N1CCOCC1. The van der Waals surface area contributed by atoms with E-state index in [4.69, 9.17) is 14.2 Å². The maximum absolute atomic E-state index is 12.3. The van der Waals surface area contributed by atoms with E-state index in [0.717, 1.165) is 15.3 Å². The van der Waals surface area contributed by atoms with Gasteiger partial charge >= 0.3 is 0 Å². The number of rotatable bonds is 7. The van der Waals surface area contributed by atoms with Gasteiger partial charge in [-0.2, -0.15) is 0 Å². The van der Waals surface area contributed by atoms with Gasteiger partial charge in [-0.3, -0.25) is 14.9 Å². The van der Waals surface area contributed by atoms with Crippen LogP contribution < -0.4 is 9.47 Å². The van der Waals surface area contributed by atoms with Crippen LogP contribution in [-0.4, -0.2) is 60.7 Å².